The summed E-state index contributed by atoms with van der Waals surface area (Å²) in [4.78, 5) is 36.6. The molecular weight excluding hydrogens is 569 g/mol. The van der Waals surface area contributed by atoms with Crippen molar-refractivity contribution >= 4 is 22.9 Å². The zero-order valence-corrected chi connectivity index (χ0v) is 28.3. The van der Waals surface area contributed by atoms with Crippen LogP contribution in [0.15, 0.2) is 36.8 Å². The molecule has 0 bridgehead atoms. The predicted molar refractivity (Wildman–Crippen MR) is 176 cm³/mol. The summed E-state index contributed by atoms with van der Waals surface area (Å²) < 4.78 is 22.1. The minimum Gasteiger partial charge on any atom is -0.444 e. The summed E-state index contributed by atoms with van der Waals surface area (Å²) in [5.74, 6) is 0.417. The molecule has 2 aliphatic rings. The Balaban J connectivity index is 1.32. The summed E-state index contributed by atoms with van der Waals surface area (Å²) in [7, 11) is 1.75. The Morgan fingerprint density at radius 2 is 1.80 bits per heavy atom. The van der Waals surface area contributed by atoms with Crippen molar-refractivity contribution in [2.75, 3.05) is 33.2 Å². The molecule has 45 heavy (non-hydrogen) atoms. The number of fused-ring (bicyclic) bond motifs is 1. The van der Waals surface area contributed by atoms with Crippen LogP contribution in [0.3, 0.4) is 0 Å². The molecule has 9 heteroatoms. The molecule has 1 aromatic carbocycles. The number of piperidine rings is 1. The second kappa shape index (κ2) is 13.1. The van der Waals surface area contributed by atoms with E-state index >= 15 is 0 Å². The highest BCUT2D eigenvalue weighted by Gasteiger charge is 2.34. The van der Waals surface area contributed by atoms with E-state index in [2.05, 4.69) is 29.9 Å². The number of amides is 2. The number of nitrogens with zero attached hydrogens (tertiary/aromatic N) is 5. The molecule has 0 saturated carbocycles. The molecule has 3 aromatic rings. The van der Waals surface area contributed by atoms with Crippen LogP contribution in [0.25, 0.3) is 16.6 Å². The molecule has 2 atom stereocenters. The predicted octanol–water partition coefficient (Wildman–Crippen LogP) is 6.85. The van der Waals surface area contributed by atoms with Crippen LogP contribution in [0.2, 0.25) is 0 Å². The van der Waals surface area contributed by atoms with Gasteiger partial charge in [-0.25, -0.2) is 9.18 Å². The smallest absolute Gasteiger partial charge is 0.410 e. The van der Waals surface area contributed by atoms with Gasteiger partial charge < -0.3 is 24.0 Å². The Morgan fingerprint density at radius 1 is 1.09 bits per heavy atom. The molecule has 2 aliphatic heterocycles. The molecule has 8 nitrogen and oxygen atoms in total. The summed E-state index contributed by atoms with van der Waals surface area (Å²) in [6.45, 7) is 17.6. The Labute approximate surface area is 267 Å². The number of aromatic nitrogens is 2. The van der Waals surface area contributed by atoms with Gasteiger partial charge in [-0.15, -0.1) is 0 Å². The van der Waals surface area contributed by atoms with Gasteiger partial charge in [0.25, 0.3) is 5.91 Å². The van der Waals surface area contributed by atoms with E-state index in [9.17, 15) is 14.0 Å². The number of ether oxygens (including phenoxy) is 1. The standard InChI is InChI=1S/C36H50FN5O3/c1-23(2)39(8)34(43)30-18-29(37)9-10-31(30)42-22-28(33-24(3)19-38-20-32(33)42)17-26-11-14-41(21-26)25(4)27-12-15-40(16-13-27)35(44)45-36(5,6)7/h9-10,18-20,22-23,25-27H,11-17,21H2,1-8H3/t25-,26-/m0/s1. The van der Waals surface area contributed by atoms with E-state index in [1.807, 2.05) is 56.5 Å². The molecule has 244 valence electrons. The average molecular weight is 620 g/mol. The summed E-state index contributed by atoms with van der Waals surface area (Å²) in [5.41, 5.74) is 3.78. The molecule has 2 fully saturated rings. The monoisotopic (exact) mass is 619 g/mol. The second-order valence-corrected chi connectivity index (χ2v) is 14.4. The second-order valence-electron chi connectivity index (χ2n) is 14.4. The van der Waals surface area contributed by atoms with E-state index in [0.29, 0.717) is 29.1 Å². The van der Waals surface area contributed by atoms with Gasteiger partial charge in [-0.1, -0.05) is 0 Å². The lowest BCUT2D eigenvalue weighted by Gasteiger charge is -2.38. The van der Waals surface area contributed by atoms with Crippen molar-refractivity contribution in [1.82, 2.24) is 24.3 Å². The van der Waals surface area contributed by atoms with E-state index < -0.39 is 11.4 Å². The number of likely N-dealkylation sites (tertiary alicyclic amines) is 2. The number of hydrogen-bond donors (Lipinski definition) is 0. The van der Waals surface area contributed by atoms with Gasteiger partial charge in [0, 0.05) is 56.5 Å². The summed E-state index contributed by atoms with van der Waals surface area (Å²) in [6, 6.07) is 4.91. The van der Waals surface area contributed by atoms with Crippen LogP contribution < -0.4 is 0 Å². The fraction of sp³-hybridized carbons (Fsp3) is 0.583. The highest BCUT2D eigenvalue weighted by Crippen LogP contribution is 2.34. The lowest BCUT2D eigenvalue weighted by atomic mass is 9.89. The maximum Gasteiger partial charge on any atom is 0.410 e. The van der Waals surface area contributed by atoms with E-state index in [0.717, 1.165) is 68.3 Å². The Bertz CT molecular complexity index is 1540. The lowest BCUT2D eigenvalue weighted by Crippen LogP contribution is -2.46. The zero-order chi connectivity index (χ0) is 32.6. The minimum absolute atomic E-state index is 0.0141. The van der Waals surface area contributed by atoms with Crippen LogP contribution in [-0.2, 0) is 11.2 Å². The van der Waals surface area contributed by atoms with Gasteiger partial charge in [0.05, 0.1) is 23.0 Å². The largest absolute Gasteiger partial charge is 0.444 e. The van der Waals surface area contributed by atoms with Crippen LogP contribution >= 0.6 is 0 Å². The molecule has 0 unspecified atom stereocenters. The number of aryl methyl sites for hydroxylation is 1. The Morgan fingerprint density at radius 3 is 2.47 bits per heavy atom. The molecule has 0 spiro atoms. The zero-order valence-electron chi connectivity index (χ0n) is 28.3. The molecule has 5 rings (SSSR count). The van der Waals surface area contributed by atoms with Crippen molar-refractivity contribution in [3.05, 3.63) is 59.3 Å². The van der Waals surface area contributed by atoms with Crippen molar-refractivity contribution in [3.63, 3.8) is 0 Å². The Hall–Kier alpha value is -3.46. The fourth-order valence-electron chi connectivity index (χ4n) is 7.01. The van der Waals surface area contributed by atoms with Gasteiger partial charge in [-0.05, 0) is 122 Å². The quantitative estimate of drug-likeness (QED) is 0.289. The highest BCUT2D eigenvalue weighted by molar-refractivity contribution is 5.99. The van der Waals surface area contributed by atoms with E-state index in [4.69, 9.17) is 4.74 Å². The van der Waals surface area contributed by atoms with Crippen LogP contribution in [0.4, 0.5) is 9.18 Å². The SMILES string of the molecule is Cc1cncc2c1c(C[C@@H]1CCN([C@@H](C)C3CCN(C(=O)OC(C)(C)C)CC3)C1)cn2-c1ccc(F)cc1C(=O)N(C)C(C)C. The van der Waals surface area contributed by atoms with Crippen molar-refractivity contribution in [3.8, 4) is 5.69 Å². The third-order valence-corrected chi connectivity index (χ3v) is 9.80. The first-order valence-corrected chi connectivity index (χ1v) is 16.5. The third kappa shape index (κ3) is 7.19. The van der Waals surface area contributed by atoms with E-state index in [1.165, 1.54) is 17.7 Å². The number of hydrogen-bond acceptors (Lipinski definition) is 5. The lowest BCUT2D eigenvalue weighted by molar-refractivity contribution is 0.0143. The van der Waals surface area contributed by atoms with Gasteiger partial charge in [0.2, 0.25) is 0 Å². The number of carbonyl (C=O) groups is 2. The number of pyridine rings is 1. The topological polar surface area (TPSA) is 70.9 Å². The van der Waals surface area contributed by atoms with Crippen LogP contribution in [0.5, 0.6) is 0 Å². The molecule has 2 aromatic heterocycles. The number of rotatable bonds is 7. The summed E-state index contributed by atoms with van der Waals surface area (Å²) in [5, 5.41) is 1.16. The first-order chi connectivity index (χ1) is 21.2. The van der Waals surface area contributed by atoms with Gasteiger partial charge in [-0.2, -0.15) is 0 Å². The number of carbonyl (C=O) groups excluding carboxylic acids is 2. The molecule has 2 saturated heterocycles. The van der Waals surface area contributed by atoms with Gasteiger partial charge in [0.15, 0.2) is 0 Å². The molecule has 0 aliphatic carbocycles. The first kappa shape index (κ1) is 32.9. The van der Waals surface area contributed by atoms with Gasteiger partial charge in [-0.3, -0.25) is 9.78 Å². The molecule has 4 heterocycles. The van der Waals surface area contributed by atoms with Crippen molar-refractivity contribution in [1.29, 1.82) is 0 Å². The van der Waals surface area contributed by atoms with Crippen molar-refractivity contribution in [2.45, 2.75) is 91.8 Å². The maximum atomic E-state index is 14.5. The normalized spacial score (nSPS) is 19.0. The van der Waals surface area contributed by atoms with Crippen molar-refractivity contribution in [2.24, 2.45) is 11.8 Å². The Kier molecular flexibility index (Phi) is 9.59. The molecule has 0 N–H and O–H groups in total. The van der Waals surface area contributed by atoms with Crippen LogP contribution in [0, 0.1) is 24.6 Å². The maximum absolute atomic E-state index is 14.5. The van der Waals surface area contributed by atoms with Gasteiger partial charge in [0.1, 0.15) is 11.4 Å². The summed E-state index contributed by atoms with van der Waals surface area (Å²) in [6.07, 6.45) is 9.70. The van der Waals surface area contributed by atoms with E-state index in [1.54, 1.807) is 18.0 Å². The summed E-state index contributed by atoms with van der Waals surface area (Å²) >= 11 is 0. The molecule has 0 radical (unpaired) electrons. The van der Waals surface area contributed by atoms with E-state index in [-0.39, 0.29) is 18.0 Å². The fourth-order valence-corrected chi connectivity index (χ4v) is 7.01. The third-order valence-electron chi connectivity index (χ3n) is 9.80. The van der Waals surface area contributed by atoms with Crippen LogP contribution in [-0.4, -0.2) is 87.2 Å². The highest BCUT2D eigenvalue weighted by atomic mass is 19.1. The molecule has 2 amide bonds. The average Bonchev–Trinajstić information content (AvgIpc) is 3.61. The first-order valence-electron chi connectivity index (χ1n) is 16.5. The van der Waals surface area contributed by atoms with Gasteiger partial charge >= 0.3 is 6.09 Å². The molecular formula is C36H50FN5O3. The van der Waals surface area contributed by atoms with Crippen molar-refractivity contribution < 1.29 is 18.7 Å². The number of benzene rings is 1. The van der Waals surface area contributed by atoms with Crippen LogP contribution in [0.1, 0.15) is 82.3 Å². The number of halogens is 1. The minimum atomic E-state index is -0.476.